The molecule has 19 heavy (non-hydrogen) atoms. The average Bonchev–Trinajstić information content (AvgIpc) is 2.70. The summed E-state index contributed by atoms with van der Waals surface area (Å²) < 4.78 is 0.947. The molecule has 1 N–H and O–H groups in total. The van der Waals surface area contributed by atoms with Crippen LogP contribution in [-0.4, -0.2) is 26.8 Å². The van der Waals surface area contributed by atoms with Crippen LogP contribution in [0.5, 0.6) is 0 Å². The van der Waals surface area contributed by atoms with Gasteiger partial charge in [0.25, 0.3) is 0 Å². The van der Waals surface area contributed by atoms with Gasteiger partial charge < -0.3 is 5.11 Å². The van der Waals surface area contributed by atoms with Crippen molar-refractivity contribution in [3.05, 3.63) is 40.7 Å². The lowest BCUT2D eigenvalue weighted by Crippen LogP contribution is -1.99. The standard InChI is InChI=1S/C13H14N2O2S2/c1-9-11(8-12(16)17)19-13(15-9)18-7-4-10-2-5-14-6-3-10/h2-3,5-6H,4,7-8H2,1H3,(H,16,17). The third-order valence-corrected chi connectivity index (χ3v) is 4.85. The van der Waals surface area contributed by atoms with E-state index in [1.54, 1.807) is 24.2 Å². The number of pyridine rings is 1. The summed E-state index contributed by atoms with van der Waals surface area (Å²) in [5.74, 6) is 0.129. The lowest BCUT2D eigenvalue weighted by molar-refractivity contribution is -0.136. The number of aliphatic carboxylic acids is 1. The van der Waals surface area contributed by atoms with Gasteiger partial charge in [-0.2, -0.15) is 0 Å². The van der Waals surface area contributed by atoms with E-state index in [9.17, 15) is 4.79 Å². The highest BCUT2D eigenvalue weighted by Gasteiger charge is 2.11. The summed E-state index contributed by atoms with van der Waals surface area (Å²) in [6.07, 6.45) is 4.60. The Bertz CT molecular complexity index is 555. The maximum atomic E-state index is 10.7. The summed E-state index contributed by atoms with van der Waals surface area (Å²) in [7, 11) is 0. The number of rotatable bonds is 6. The summed E-state index contributed by atoms with van der Waals surface area (Å²) in [6, 6.07) is 4.01. The molecule has 0 saturated carbocycles. The zero-order valence-electron chi connectivity index (χ0n) is 10.5. The molecule has 100 valence electrons. The molecule has 0 aliphatic heterocycles. The number of aryl methyl sites for hydroxylation is 2. The van der Waals surface area contributed by atoms with Gasteiger partial charge in [0.05, 0.1) is 12.1 Å². The van der Waals surface area contributed by atoms with E-state index in [2.05, 4.69) is 9.97 Å². The van der Waals surface area contributed by atoms with Crippen molar-refractivity contribution in [1.82, 2.24) is 9.97 Å². The van der Waals surface area contributed by atoms with E-state index < -0.39 is 5.97 Å². The summed E-state index contributed by atoms with van der Waals surface area (Å²) >= 11 is 3.15. The molecular formula is C13H14N2O2S2. The summed E-state index contributed by atoms with van der Waals surface area (Å²) in [5, 5.41) is 8.79. The van der Waals surface area contributed by atoms with Gasteiger partial charge in [-0.05, 0) is 31.0 Å². The fourth-order valence-corrected chi connectivity index (χ4v) is 3.85. The van der Waals surface area contributed by atoms with Crippen molar-refractivity contribution in [3.63, 3.8) is 0 Å². The first-order valence-electron chi connectivity index (χ1n) is 5.85. The van der Waals surface area contributed by atoms with Gasteiger partial charge in [0.15, 0.2) is 0 Å². The smallest absolute Gasteiger partial charge is 0.308 e. The van der Waals surface area contributed by atoms with E-state index in [0.717, 1.165) is 27.1 Å². The highest BCUT2D eigenvalue weighted by Crippen LogP contribution is 2.28. The minimum Gasteiger partial charge on any atom is -0.481 e. The van der Waals surface area contributed by atoms with Crippen LogP contribution in [0.3, 0.4) is 0 Å². The second kappa shape index (κ2) is 6.68. The molecule has 0 unspecified atom stereocenters. The number of carboxylic acids is 1. The van der Waals surface area contributed by atoms with Crippen LogP contribution in [0.2, 0.25) is 0 Å². The van der Waals surface area contributed by atoms with Crippen molar-refractivity contribution in [2.24, 2.45) is 0 Å². The van der Waals surface area contributed by atoms with E-state index in [1.165, 1.54) is 16.9 Å². The van der Waals surface area contributed by atoms with Crippen molar-refractivity contribution in [1.29, 1.82) is 0 Å². The molecule has 2 heterocycles. The fourth-order valence-electron chi connectivity index (χ4n) is 1.57. The van der Waals surface area contributed by atoms with Crippen LogP contribution in [-0.2, 0) is 17.6 Å². The first kappa shape index (κ1) is 14.0. The van der Waals surface area contributed by atoms with E-state index in [0.29, 0.717) is 0 Å². The lowest BCUT2D eigenvalue weighted by Gasteiger charge is -1.98. The minimum atomic E-state index is -0.805. The Morgan fingerprint density at radius 2 is 2.16 bits per heavy atom. The highest BCUT2D eigenvalue weighted by molar-refractivity contribution is 8.01. The molecule has 0 aliphatic rings. The molecule has 0 fully saturated rings. The number of hydrogen-bond acceptors (Lipinski definition) is 5. The van der Waals surface area contributed by atoms with Gasteiger partial charge in [-0.15, -0.1) is 11.3 Å². The van der Waals surface area contributed by atoms with E-state index >= 15 is 0 Å². The van der Waals surface area contributed by atoms with Crippen LogP contribution < -0.4 is 0 Å². The highest BCUT2D eigenvalue weighted by atomic mass is 32.2. The van der Waals surface area contributed by atoms with Gasteiger partial charge in [-0.3, -0.25) is 9.78 Å². The monoisotopic (exact) mass is 294 g/mol. The van der Waals surface area contributed by atoms with Gasteiger partial charge >= 0.3 is 5.97 Å². The molecule has 6 heteroatoms. The maximum absolute atomic E-state index is 10.7. The molecule has 2 rings (SSSR count). The number of hydrogen-bond donors (Lipinski definition) is 1. The van der Waals surface area contributed by atoms with Crippen LogP contribution in [0.15, 0.2) is 28.9 Å². The summed E-state index contributed by atoms with van der Waals surface area (Å²) in [5.41, 5.74) is 2.08. The van der Waals surface area contributed by atoms with Crippen molar-refractivity contribution < 1.29 is 9.90 Å². The number of nitrogens with zero attached hydrogens (tertiary/aromatic N) is 2. The first-order valence-corrected chi connectivity index (χ1v) is 7.65. The summed E-state index contributed by atoms with van der Waals surface area (Å²) in [6.45, 7) is 1.86. The fraction of sp³-hybridized carbons (Fsp3) is 0.308. The van der Waals surface area contributed by atoms with E-state index in [-0.39, 0.29) is 6.42 Å². The molecule has 4 nitrogen and oxygen atoms in total. The molecule has 2 aromatic rings. The Morgan fingerprint density at radius 1 is 1.42 bits per heavy atom. The molecule has 0 atom stereocenters. The normalized spacial score (nSPS) is 10.6. The topological polar surface area (TPSA) is 63.1 Å². The van der Waals surface area contributed by atoms with Crippen molar-refractivity contribution >= 4 is 29.1 Å². The largest absolute Gasteiger partial charge is 0.481 e. The zero-order valence-corrected chi connectivity index (χ0v) is 12.1. The number of carbonyl (C=O) groups is 1. The molecule has 0 spiro atoms. The predicted octanol–water partition coefficient (Wildman–Crippen LogP) is 2.81. The van der Waals surface area contributed by atoms with Gasteiger partial charge in [0.1, 0.15) is 4.34 Å². The quantitative estimate of drug-likeness (QED) is 0.830. The first-order chi connectivity index (χ1) is 9.15. The Kier molecular flexibility index (Phi) is 4.93. The van der Waals surface area contributed by atoms with Crippen molar-refractivity contribution in [2.45, 2.75) is 24.1 Å². The Labute approximate surface area is 119 Å². The molecule has 0 radical (unpaired) electrons. The van der Waals surface area contributed by atoms with Crippen LogP contribution >= 0.6 is 23.1 Å². The molecular weight excluding hydrogens is 280 g/mol. The number of thiazole rings is 1. The molecule has 2 aromatic heterocycles. The van der Waals surface area contributed by atoms with Crippen LogP contribution in [0.25, 0.3) is 0 Å². The van der Waals surface area contributed by atoms with Gasteiger partial charge in [-0.25, -0.2) is 4.98 Å². The number of carboxylic acid groups (broad SMARTS) is 1. The van der Waals surface area contributed by atoms with Gasteiger partial charge in [-0.1, -0.05) is 11.8 Å². The Morgan fingerprint density at radius 3 is 2.84 bits per heavy atom. The molecule has 0 bridgehead atoms. The van der Waals surface area contributed by atoms with Crippen LogP contribution in [0.1, 0.15) is 16.1 Å². The maximum Gasteiger partial charge on any atom is 0.308 e. The number of thioether (sulfide) groups is 1. The number of aromatic nitrogens is 2. The van der Waals surface area contributed by atoms with E-state index in [4.69, 9.17) is 5.11 Å². The third kappa shape index (κ3) is 4.33. The summed E-state index contributed by atoms with van der Waals surface area (Å²) in [4.78, 5) is 19.9. The molecule has 0 aliphatic carbocycles. The third-order valence-electron chi connectivity index (χ3n) is 2.55. The molecule has 0 saturated heterocycles. The second-order valence-corrected chi connectivity index (χ2v) is 6.44. The second-order valence-electron chi connectivity index (χ2n) is 4.01. The minimum absolute atomic E-state index is 0.0639. The molecule has 0 amide bonds. The average molecular weight is 294 g/mol. The Balaban J connectivity index is 1.88. The van der Waals surface area contributed by atoms with Crippen LogP contribution in [0.4, 0.5) is 0 Å². The molecule has 0 aromatic carbocycles. The van der Waals surface area contributed by atoms with Gasteiger partial charge in [0.2, 0.25) is 0 Å². The lowest BCUT2D eigenvalue weighted by atomic mass is 10.2. The zero-order chi connectivity index (χ0) is 13.7. The predicted molar refractivity (Wildman–Crippen MR) is 76.9 cm³/mol. The Hall–Kier alpha value is -1.40. The van der Waals surface area contributed by atoms with Gasteiger partial charge in [0, 0.05) is 23.0 Å². The van der Waals surface area contributed by atoms with Crippen molar-refractivity contribution in [2.75, 3.05) is 5.75 Å². The van der Waals surface area contributed by atoms with Crippen molar-refractivity contribution in [3.8, 4) is 0 Å². The van der Waals surface area contributed by atoms with E-state index in [1.807, 2.05) is 19.1 Å². The van der Waals surface area contributed by atoms with Crippen LogP contribution in [0, 0.1) is 6.92 Å². The SMILES string of the molecule is Cc1nc(SCCc2ccncc2)sc1CC(=O)O.